The molecular formula is C33H28F3N5O4. The van der Waals surface area contributed by atoms with E-state index in [1.54, 1.807) is 37.4 Å². The quantitative estimate of drug-likeness (QED) is 0.320. The highest BCUT2D eigenvalue weighted by atomic mass is 19.4. The van der Waals surface area contributed by atoms with Crippen LogP contribution in [0.25, 0.3) is 0 Å². The summed E-state index contributed by atoms with van der Waals surface area (Å²) in [6.45, 7) is 1.46. The average Bonchev–Trinajstić information content (AvgIpc) is 3.81. The summed E-state index contributed by atoms with van der Waals surface area (Å²) in [7, 11) is 1.72. The summed E-state index contributed by atoms with van der Waals surface area (Å²) >= 11 is 0. The first kappa shape index (κ1) is 32.3. The fourth-order valence-corrected chi connectivity index (χ4v) is 4.58. The van der Waals surface area contributed by atoms with Gasteiger partial charge in [-0.25, -0.2) is 0 Å². The molecule has 1 fully saturated rings. The van der Waals surface area contributed by atoms with Gasteiger partial charge in [-0.3, -0.25) is 19.4 Å². The Hall–Kier alpha value is -5.62. The molecule has 2 aliphatic rings. The molecule has 12 heteroatoms. The number of halogens is 3. The summed E-state index contributed by atoms with van der Waals surface area (Å²) in [4.78, 5) is 42.3. The van der Waals surface area contributed by atoms with Crippen molar-refractivity contribution in [3.8, 4) is 23.7 Å². The summed E-state index contributed by atoms with van der Waals surface area (Å²) in [6, 6.07) is 11.8. The van der Waals surface area contributed by atoms with Gasteiger partial charge in [0, 0.05) is 19.2 Å². The number of hydrogen-bond donors (Lipinski definition) is 3. The van der Waals surface area contributed by atoms with E-state index in [4.69, 9.17) is 5.26 Å². The number of allylic oxidation sites excluding steroid dienone is 4. The zero-order chi connectivity index (χ0) is 32.6. The number of nitrogens with one attached hydrogen (secondary N) is 3. The van der Waals surface area contributed by atoms with Crippen LogP contribution in [-0.4, -0.2) is 48.9 Å². The fourth-order valence-electron chi connectivity index (χ4n) is 4.58. The van der Waals surface area contributed by atoms with Crippen LogP contribution in [0.15, 0.2) is 82.9 Å². The Morgan fingerprint density at radius 3 is 2.49 bits per heavy atom. The fraction of sp³-hybridized carbons (Fsp3) is 0.242. The summed E-state index contributed by atoms with van der Waals surface area (Å²) in [5, 5.41) is 16.8. The van der Waals surface area contributed by atoms with E-state index in [2.05, 4.69) is 37.5 Å². The molecule has 3 amide bonds. The zero-order valence-electron chi connectivity index (χ0n) is 24.3. The summed E-state index contributed by atoms with van der Waals surface area (Å²) in [5.41, 5.74) is 2.92. The van der Waals surface area contributed by atoms with Gasteiger partial charge < -0.3 is 20.7 Å². The Labute approximate surface area is 257 Å². The molecule has 4 rings (SSSR count). The van der Waals surface area contributed by atoms with Crippen LogP contribution in [0.1, 0.15) is 46.8 Å². The van der Waals surface area contributed by atoms with Crippen molar-refractivity contribution in [1.82, 2.24) is 16.0 Å². The van der Waals surface area contributed by atoms with Crippen LogP contribution >= 0.6 is 0 Å². The number of nitriles is 1. The van der Waals surface area contributed by atoms with Gasteiger partial charge in [0.25, 0.3) is 5.91 Å². The minimum atomic E-state index is -5.00. The van der Waals surface area contributed by atoms with Crippen molar-refractivity contribution in [3.63, 3.8) is 0 Å². The molecule has 230 valence electrons. The number of amides is 3. The second kappa shape index (κ2) is 13.8. The smallest absolute Gasteiger partial charge is 0.404 e. The van der Waals surface area contributed by atoms with Crippen LogP contribution in [0, 0.1) is 23.2 Å². The number of carbonyl (C=O) groups excluding carboxylic acids is 3. The number of benzene rings is 2. The monoisotopic (exact) mass is 615 g/mol. The van der Waals surface area contributed by atoms with E-state index in [0.29, 0.717) is 11.1 Å². The van der Waals surface area contributed by atoms with Crippen LogP contribution in [0.3, 0.4) is 0 Å². The van der Waals surface area contributed by atoms with Gasteiger partial charge in [-0.15, -0.1) is 13.2 Å². The molecule has 0 aliphatic heterocycles. The zero-order valence-corrected chi connectivity index (χ0v) is 24.3. The maximum Gasteiger partial charge on any atom is 0.573 e. The molecule has 0 atom stereocenters. The van der Waals surface area contributed by atoms with E-state index in [0.717, 1.165) is 35.8 Å². The minimum Gasteiger partial charge on any atom is -0.404 e. The number of alkyl halides is 3. The SMILES string of the molecule is C/C=C1/C=C(C2(NC(=O)c3ccccc3CNC(=O)C(=O)NCC#Cc3ccc(C#N)cc3OC(F)(F)F)CC2)C=CC1=NC. The van der Waals surface area contributed by atoms with E-state index in [1.165, 1.54) is 12.1 Å². The molecule has 3 N–H and O–H groups in total. The molecule has 45 heavy (non-hydrogen) atoms. The first-order valence-corrected chi connectivity index (χ1v) is 13.8. The van der Waals surface area contributed by atoms with Gasteiger partial charge in [-0.05, 0) is 72.9 Å². The van der Waals surface area contributed by atoms with Gasteiger partial charge in [-0.2, -0.15) is 5.26 Å². The Balaban J connectivity index is 1.34. The van der Waals surface area contributed by atoms with Crippen LogP contribution in [0.2, 0.25) is 0 Å². The van der Waals surface area contributed by atoms with Crippen molar-refractivity contribution in [2.45, 2.75) is 38.2 Å². The van der Waals surface area contributed by atoms with Gasteiger partial charge in [0.1, 0.15) is 5.75 Å². The highest BCUT2D eigenvalue weighted by Crippen LogP contribution is 2.44. The number of carbonyl (C=O) groups is 3. The van der Waals surface area contributed by atoms with Crippen molar-refractivity contribution in [1.29, 1.82) is 5.26 Å². The van der Waals surface area contributed by atoms with Crippen LogP contribution in [0.5, 0.6) is 5.75 Å². The Kier molecular flexibility index (Phi) is 9.89. The number of nitrogens with zero attached hydrogens (tertiary/aromatic N) is 2. The van der Waals surface area contributed by atoms with E-state index >= 15 is 0 Å². The maximum absolute atomic E-state index is 13.3. The van der Waals surface area contributed by atoms with Crippen LogP contribution in [0.4, 0.5) is 13.2 Å². The van der Waals surface area contributed by atoms with Crippen molar-refractivity contribution in [2.24, 2.45) is 4.99 Å². The van der Waals surface area contributed by atoms with Crippen molar-refractivity contribution < 1.29 is 32.3 Å². The first-order valence-electron chi connectivity index (χ1n) is 13.8. The van der Waals surface area contributed by atoms with E-state index < -0.39 is 29.5 Å². The highest BCUT2D eigenvalue weighted by molar-refractivity contribution is 6.35. The second-order valence-electron chi connectivity index (χ2n) is 10.0. The van der Waals surface area contributed by atoms with E-state index in [-0.39, 0.29) is 30.1 Å². The first-order chi connectivity index (χ1) is 21.5. The molecule has 1 saturated carbocycles. The molecule has 0 radical (unpaired) electrons. The van der Waals surface area contributed by atoms with Gasteiger partial charge in [-0.1, -0.05) is 42.2 Å². The lowest BCUT2D eigenvalue weighted by atomic mass is 9.93. The topological polar surface area (TPSA) is 133 Å². The van der Waals surface area contributed by atoms with Crippen molar-refractivity contribution in [2.75, 3.05) is 13.6 Å². The predicted octanol–water partition coefficient (Wildman–Crippen LogP) is 4.02. The van der Waals surface area contributed by atoms with Gasteiger partial charge in [0.15, 0.2) is 0 Å². The summed E-state index contributed by atoms with van der Waals surface area (Å²) < 4.78 is 42.1. The number of aliphatic imine (C=N–C) groups is 1. The molecule has 0 aromatic heterocycles. The van der Waals surface area contributed by atoms with E-state index in [9.17, 15) is 27.6 Å². The van der Waals surface area contributed by atoms with Crippen molar-refractivity contribution >= 4 is 23.4 Å². The second-order valence-corrected chi connectivity index (χ2v) is 10.0. The number of hydrogen-bond acceptors (Lipinski definition) is 6. The highest BCUT2D eigenvalue weighted by Gasteiger charge is 2.47. The molecule has 0 spiro atoms. The number of rotatable bonds is 7. The van der Waals surface area contributed by atoms with Gasteiger partial charge >= 0.3 is 18.2 Å². The maximum atomic E-state index is 13.3. The molecule has 0 heterocycles. The normalized spacial score (nSPS) is 16.5. The Morgan fingerprint density at radius 2 is 1.82 bits per heavy atom. The Morgan fingerprint density at radius 1 is 1.09 bits per heavy atom. The molecule has 0 unspecified atom stereocenters. The summed E-state index contributed by atoms with van der Waals surface area (Å²) in [5.74, 6) is 1.87. The standard InChI is InChI=1S/C33H28F3N5O4/c1-3-22-18-25(12-13-27(22)38-2)32(14-15-32)41-29(42)26-9-5-4-7-24(26)20-40-31(44)30(43)39-16-6-8-23-11-10-21(19-37)17-28(23)45-33(34,35)36/h3-5,7,9-13,17-18H,14-16,20H2,1-2H3,(H,39,43)(H,40,44)(H,41,42)/b22-3-,38-27?. The lowest BCUT2D eigenvalue weighted by molar-refractivity contribution is -0.274. The van der Waals surface area contributed by atoms with E-state index in [1.807, 2.05) is 31.2 Å². The average molecular weight is 616 g/mol. The largest absolute Gasteiger partial charge is 0.573 e. The number of ether oxygens (including phenoxy) is 1. The third-order valence-electron chi connectivity index (χ3n) is 7.04. The van der Waals surface area contributed by atoms with Gasteiger partial charge in [0.2, 0.25) is 0 Å². The lowest BCUT2D eigenvalue weighted by Gasteiger charge is -2.23. The molecule has 9 nitrogen and oxygen atoms in total. The van der Waals surface area contributed by atoms with Crippen LogP contribution < -0.4 is 20.7 Å². The third-order valence-corrected chi connectivity index (χ3v) is 7.04. The molecular weight excluding hydrogens is 587 g/mol. The summed E-state index contributed by atoms with van der Waals surface area (Å²) in [6.07, 6.45) is 4.40. The third kappa shape index (κ3) is 8.27. The Bertz CT molecular complexity index is 1750. The minimum absolute atomic E-state index is 0.0569. The lowest BCUT2D eigenvalue weighted by Crippen LogP contribution is -2.41. The molecule has 0 saturated heterocycles. The molecule has 2 aromatic carbocycles. The molecule has 0 bridgehead atoms. The van der Waals surface area contributed by atoms with Crippen LogP contribution in [-0.2, 0) is 16.1 Å². The molecule has 2 aliphatic carbocycles. The van der Waals surface area contributed by atoms with Crippen molar-refractivity contribution in [3.05, 3.63) is 100 Å². The predicted molar refractivity (Wildman–Crippen MR) is 160 cm³/mol. The molecule has 2 aromatic rings. The van der Waals surface area contributed by atoms with Gasteiger partial charge in [0.05, 0.1) is 35.0 Å².